The number of carbonyl (C=O) groups excluding carboxylic acids is 1. The van der Waals surface area contributed by atoms with E-state index >= 15 is 0 Å². The highest BCUT2D eigenvalue weighted by Crippen LogP contribution is 2.30. The third-order valence-corrected chi connectivity index (χ3v) is 6.55. The number of anilines is 2. The van der Waals surface area contributed by atoms with Gasteiger partial charge in [-0.1, -0.05) is 29.8 Å². The Bertz CT molecular complexity index is 1230. The molecule has 4 heterocycles. The molecule has 0 aliphatic carbocycles. The van der Waals surface area contributed by atoms with E-state index in [0.717, 1.165) is 47.8 Å². The van der Waals surface area contributed by atoms with E-state index in [1.807, 2.05) is 32.4 Å². The molecule has 3 aromatic rings. The first-order valence-corrected chi connectivity index (χ1v) is 11.8. The number of ether oxygens (including phenoxy) is 1. The van der Waals surface area contributed by atoms with E-state index in [4.69, 9.17) is 14.7 Å². The molecule has 1 N–H and O–H groups in total. The van der Waals surface area contributed by atoms with Gasteiger partial charge < -0.3 is 19.1 Å². The maximum Gasteiger partial charge on any atom is 0.222 e. The van der Waals surface area contributed by atoms with Crippen LogP contribution in [0.25, 0.3) is 11.2 Å². The maximum atomic E-state index is 12.0. The van der Waals surface area contributed by atoms with Crippen LogP contribution in [0.3, 0.4) is 0 Å². The minimum atomic E-state index is 0.194. The summed E-state index contributed by atoms with van der Waals surface area (Å²) in [7, 11) is 1.86. The van der Waals surface area contributed by atoms with Gasteiger partial charge in [0, 0.05) is 51.6 Å². The molecule has 2 aromatic heterocycles. The van der Waals surface area contributed by atoms with Crippen molar-refractivity contribution in [1.82, 2.24) is 19.4 Å². The first-order chi connectivity index (χ1) is 16.5. The maximum absolute atomic E-state index is 12.0. The molecule has 2 fully saturated rings. The van der Waals surface area contributed by atoms with Crippen molar-refractivity contribution in [3.8, 4) is 0 Å². The Kier molecular flexibility index (Phi) is 6.19. The molecule has 0 spiro atoms. The number of imidazole rings is 1. The first kappa shape index (κ1) is 22.3. The molecule has 2 saturated heterocycles. The third kappa shape index (κ3) is 4.61. The predicted molar refractivity (Wildman–Crippen MR) is 133 cm³/mol. The summed E-state index contributed by atoms with van der Waals surface area (Å²) in [4.78, 5) is 25.7. The van der Waals surface area contributed by atoms with Crippen molar-refractivity contribution in [3.05, 3.63) is 47.8 Å². The van der Waals surface area contributed by atoms with E-state index < -0.39 is 0 Å². The van der Waals surface area contributed by atoms with Crippen LogP contribution in [0.4, 0.5) is 11.5 Å². The number of aromatic nitrogens is 3. The summed E-state index contributed by atoms with van der Waals surface area (Å²) >= 11 is 0. The highest BCUT2D eigenvalue weighted by Gasteiger charge is 2.28. The second-order valence-corrected chi connectivity index (χ2v) is 9.22. The number of fused-ring (bicyclic) bond motifs is 1. The number of carbonyl (C=O) groups is 1. The Morgan fingerprint density at radius 1 is 1.26 bits per heavy atom. The standard InChI is InChI=1S/C25H31N7O2/c1-17-5-4-6-20(11-17)18(2)28-29-22-13-21(31-7-9-34-10-8-31)24-25(27-22)32(16-26-24)15-19-12-23(33)30(3)14-19/h4-6,11,13,16,19H,7-10,12,14-15H2,1-3H3,(H,27,29)/b28-18+/t19-/m1/s1. The number of likely N-dealkylation sites (tertiary alicyclic amines) is 1. The summed E-state index contributed by atoms with van der Waals surface area (Å²) in [6.45, 7) is 8.51. The van der Waals surface area contributed by atoms with Crippen LogP contribution < -0.4 is 10.3 Å². The smallest absolute Gasteiger partial charge is 0.222 e. The molecule has 34 heavy (non-hydrogen) atoms. The second kappa shape index (κ2) is 9.42. The number of nitrogens with one attached hydrogen (secondary N) is 1. The molecule has 178 valence electrons. The number of amides is 1. The second-order valence-electron chi connectivity index (χ2n) is 9.22. The van der Waals surface area contributed by atoms with E-state index in [1.165, 1.54) is 5.56 Å². The van der Waals surface area contributed by atoms with Crippen molar-refractivity contribution in [2.75, 3.05) is 50.2 Å². The molecule has 0 bridgehead atoms. The lowest BCUT2D eigenvalue weighted by Crippen LogP contribution is -2.36. The van der Waals surface area contributed by atoms with Gasteiger partial charge in [-0.15, -0.1) is 0 Å². The van der Waals surface area contributed by atoms with Crippen LogP contribution in [0.15, 0.2) is 41.8 Å². The minimum absolute atomic E-state index is 0.194. The number of morpholine rings is 1. The van der Waals surface area contributed by atoms with Crippen LogP contribution in [-0.2, 0) is 16.1 Å². The van der Waals surface area contributed by atoms with E-state index in [2.05, 4.69) is 45.1 Å². The van der Waals surface area contributed by atoms with Crippen LogP contribution in [0.5, 0.6) is 0 Å². The molecule has 5 rings (SSSR count). The number of aryl methyl sites for hydroxylation is 1. The average Bonchev–Trinajstić information content (AvgIpc) is 3.39. The Balaban J connectivity index is 1.48. The lowest BCUT2D eigenvalue weighted by molar-refractivity contribution is -0.126. The Labute approximate surface area is 199 Å². The average molecular weight is 462 g/mol. The quantitative estimate of drug-likeness (QED) is 0.449. The normalized spacial score (nSPS) is 19.3. The van der Waals surface area contributed by atoms with E-state index in [1.54, 1.807) is 4.90 Å². The predicted octanol–water partition coefficient (Wildman–Crippen LogP) is 2.89. The molecule has 9 heteroatoms. The number of nitrogens with zero attached hydrogens (tertiary/aromatic N) is 6. The SMILES string of the molecule is C/C(=N\Nc1cc(N2CCOCC2)c2ncn(C[C@@H]3CC(=O)N(C)C3)c2n1)c1cccc(C)c1. The molecule has 2 aliphatic rings. The zero-order chi connectivity index (χ0) is 23.7. The van der Waals surface area contributed by atoms with Gasteiger partial charge >= 0.3 is 0 Å². The van der Waals surface area contributed by atoms with Gasteiger partial charge in [0.2, 0.25) is 5.91 Å². The molecule has 0 radical (unpaired) electrons. The number of hydrogen-bond acceptors (Lipinski definition) is 7. The molecule has 1 amide bonds. The van der Waals surface area contributed by atoms with Gasteiger partial charge in [0.15, 0.2) is 11.5 Å². The number of benzene rings is 1. The van der Waals surface area contributed by atoms with Crippen molar-refractivity contribution in [1.29, 1.82) is 0 Å². The summed E-state index contributed by atoms with van der Waals surface area (Å²) < 4.78 is 7.63. The van der Waals surface area contributed by atoms with E-state index in [0.29, 0.717) is 32.0 Å². The fourth-order valence-electron chi connectivity index (χ4n) is 4.69. The fraction of sp³-hybridized carbons (Fsp3) is 0.440. The van der Waals surface area contributed by atoms with Crippen molar-refractivity contribution in [3.63, 3.8) is 0 Å². The number of hydrazone groups is 1. The van der Waals surface area contributed by atoms with Crippen LogP contribution in [0.2, 0.25) is 0 Å². The van der Waals surface area contributed by atoms with Crippen LogP contribution >= 0.6 is 0 Å². The lowest BCUT2D eigenvalue weighted by Gasteiger charge is -2.29. The first-order valence-electron chi connectivity index (χ1n) is 11.8. The van der Waals surface area contributed by atoms with Crippen molar-refractivity contribution < 1.29 is 9.53 Å². The number of rotatable bonds is 6. The van der Waals surface area contributed by atoms with Gasteiger partial charge in [0.1, 0.15) is 5.52 Å². The van der Waals surface area contributed by atoms with Crippen LogP contribution in [-0.4, -0.2) is 70.9 Å². The number of hydrogen-bond donors (Lipinski definition) is 1. The highest BCUT2D eigenvalue weighted by molar-refractivity contribution is 5.99. The molecule has 0 unspecified atom stereocenters. The fourth-order valence-corrected chi connectivity index (χ4v) is 4.69. The summed E-state index contributed by atoms with van der Waals surface area (Å²) in [5, 5.41) is 4.62. The third-order valence-electron chi connectivity index (χ3n) is 6.55. The minimum Gasteiger partial charge on any atom is -0.378 e. The van der Waals surface area contributed by atoms with Crippen molar-refractivity contribution in [2.24, 2.45) is 11.0 Å². The zero-order valence-corrected chi connectivity index (χ0v) is 20.0. The molecule has 1 aromatic carbocycles. The number of pyridine rings is 1. The van der Waals surface area contributed by atoms with E-state index in [-0.39, 0.29) is 11.8 Å². The van der Waals surface area contributed by atoms with Gasteiger partial charge in [-0.3, -0.25) is 10.2 Å². The van der Waals surface area contributed by atoms with Gasteiger partial charge in [-0.25, -0.2) is 9.97 Å². The summed E-state index contributed by atoms with van der Waals surface area (Å²) in [6.07, 6.45) is 2.40. The Morgan fingerprint density at radius 3 is 2.82 bits per heavy atom. The Morgan fingerprint density at radius 2 is 2.09 bits per heavy atom. The lowest BCUT2D eigenvalue weighted by atomic mass is 10.1. The topological polar surface area (TPSA) is 87.9 Å². The van der Waals surface area contributed by atoms with Crippen LogP contribution in [0.1, 0.15) is 24.5 Å². The molecule has 9 nitrogen and oxygen atoms in total. The van der Waals surface area contributed by atoms with E-state index in [9.17, 15) is 4.79 Å². The zero-order valence-electron chi connectivity index (χ0n) is 20.0. The highest BCUT2D eigenvalue weighted by atomic mass is 16.5. The summed E-state index contributed by atoms with van der Waals surface area (Å²) in [5.74, 6) is 1.11. The molecular weight excluding hydrogens is 430 g/mol. The van der Waals surface area contributed by atoms with Crippen LogP contribution in [0, 0.1) is 12.8 Å². The molecular formula is C25H31N7O2. The Hall–Kier alpha value is -3.46. The largest absolute Gasteiger partial charge is 0.378 e. The molecule has 2 aliphatic heterocycles. The van der Waals surface area contributed by atoms with Crippen molar-refractivity contribution >= 4 is 34.3 Å². The van der Waals surface area contributed by atoms with Gasteiger partial charge in [-0.2, -0.15) is 5.10 Å². The van der Waals surface area contributed by atoms with Gasteiger partial charge in [0.05, 0.1) is 30.9 Å². The van der Waals surface area contributed by atoms with Gasteiger partial charge in [-0.05, 0) is 19.4 Å². The monoisotopic (exact) mass is 461 g/mol. The molecule has 1 atom stereocenters. The van der Waals surface area contributed by atoms with Gasteiger partial charge in [0.25, 0.3) is 0 Å². The molecule has 0 saturated carbocycles. The summed E-state index contributed by atoms with van der Waals surface area (Å²) in [6, 6.07) is 10.3. The summed E-state index contributed by atoms with van der Waals surface area (Å²) in [5.41, 5.74) is 9.02. The van der Waals surface area contributed by atoms with Crippen molar-refractivity contribution in [2.45, 2.75) is 26.8 Å².